The van der Waals surface area contributed by atoms with E-state index in [1.165, 1.54) is 17.5 Å². The first kappa shape index (κ1) is 19.2. The number of carboxylic acids is 1. The molecular formula is C25H27NO4. The fourth-order valence-corrected chi connectivity index (χ4v) is 6.01. The number of hydrogen-bond donors (Lipinski definition) is 2. The van der Waals surface area contributed by atoms with Crippen LogP contribution in [0.5, 0.6) is 0 Å². The molecule has 2 aromatic carbocycles. The SMILES string of the molecule is O=C(NC1(C(=O)O)CC2(CCCCC2)C1)OCC1c2ccccc2-c2ccccc21. The largest absolute Gasteiger partial charge is 0.480 e. The Kier molecular flexibility index (Phi) is 4.57. The molecule has 1 spiro atoms. The van der Waals surface area contributed by atoms with Crippen molar-refractivity contribution in [3.8, 4) is 11.1 Å². The lowest BCUT2D eigenvalue weighted by Crippen LogP contribution is -2.66. The van der Waals surface area contributed by atoms with Crippen LogP contribution in [0.2, 0.25) is 0 Å². The Labute approximate surface area is 176 Å². The van der Waals surface area contributed by atoms with E-state index in [0.29, 0.717) is 12.8 Å². The van der Waals surface area contributed by atoms with E-state index in [-0.39, 0.29) is 17.9 Å². The Bertz CT molecular complexity index is 939. The van der Waals surface area contributed by atoms with E-state index >= 15 is 0 Å². The minimum absolute atomic E-state index is 0.0324. The van der Waals surface area contributed by atoms with Crippen LogP contribution in [0.4, 0.5) is 4.79 Å². The van der Waals surface area contributed by atoms with Crippen LogP contribution in [-0.4, -0.2) is 29.3 Å². The molecule has 3 aliphatic carbocycles. The molecule has 0 aliphatic heterocycles. The maximum Gasteiger partial charge on any atom is 0.408 e. The number of benzene rings is 2. The molecule has 0 bridgehead atoms. The molecule has 0 atom stereocenters. The van der Waals surface area contributed by atoms with Crippen LogP contribution in [0.3, 0.4) is 0 Å². The predicted octanol–water partition coefficient (Wildman–Crippen LogP) is 5.09. The van der Waals surface area contributed by atoms with E-state index < -0.39 is 17.6 Å². The quantitative estimate of drug-likeness (QED) is 0.743. The highest BCUT2D eigenvalue weighted by Crippen LogP contribution is 2.57. The first-order valence-electron chi connectivity index (χ1n) is 10.9. The van der Waals surface area contributed by atoms with Gasteiger partial charge in [0.2, 0.25) is 0 Å². The lowest BCUT2D eigenvalue weighted by Gasteiger charge is -2.55. The van der Waals surface area contributed by atoms with Crippen LogP contribution in [-0.2, 0) is 9.53 Å². The zero-order valence-corrected chi connectivity index (χ0v) is 17.0. The average molecular weight is 405 g/mol. The molecule has 2 fully saturated rings. The molecule has 2 saturated carbocycles. The molecule has 0 unspecified atom stereocenters. The fourth-order valence-electron chi connectivity index (χ4n) is 6.01. The van der Waals surface area contributed by atoms with Gasteiger partial charge < -0.3 is 15.2 Å². The molecule has 30 heavy (non-hydrogen) atoms. The molecule has 5 heteroatoms. The monoisotopic (exact) mass is 405 g/mol. The van der Waals surface area contributed by atoms with Crippen molar-refractivity contribution in [2.24, 2.45) is 5.41 Å². The molecule has 0 saturated heterocycles. The van der Waals surface area contributed by atoms with Crippen LogP contribution in [0.1, 0.15) is 62.0 Å². The van der Waals surface area contributed by atoms with Crippen molar-refractivity contribution in [2.75, 3.05) is 6.61 Å². The predicted molar refractivity (Wildman–Crippen MR) is 113 cm³/mol. The zero-order chi connectivity index (χ0) is 20.8. The normalized spacial score (nSPS) is 20.7. The van der Waals surface area contributed by atoms with Crippen LogP contribution in [0.15, 0.2) is 48.5 Å². The first-order valence-corrected chi connectivity index (χ1v) is 10.9. The number of carbonyl (C=O) groups excluding carboxylic acids is 1. The number of amides is 1. The summed E-state index contributed by atoms with van der Waals surface area (Å²) >= 11 is 0. The number of rotatable bonds is 4. The minimum atomic E-state index is -1.18. The summed E-state index contributed by atoms with van der Waals surface area (Å²) in [6.07, 6.45) is 6.05. The highest BCUT2D eigenvalue weighted by atomic mass is 16.5. The van der Waals surface area contributed by atoms with Gasteiger partial charge in [-0.3, -0.25) is 0 Å². The molecule has 0 radical (unpaired) electrons. The van der Waals surface area contributed by atoms with Gasteiger partial charge in [0, 0.05) is 5.92 Å². The number of alkyl carbamates (subject to hydrolysis) is 1. The maximum atomic E-state index is 12.6. The van der Waals surface area contributed by atoms with Gasteiger partial charge in [0.25, 0.3) is 0 Å². The highest BCUT2D eigenvalue weighted by molar-refractivity contribution is 5.86. The molecule has 2 N–H and O–H groups in total. The van der Waals surface area contributed by atoms with Crippen molar-refractivity contribution < 1.29 is 19.4 Å². The summed E-state index contributed by atoms with van der Waals surface area (Å²) in [4.78, 5) is 24.6. The van der Waals surface area contributed by atoms with Crippen molar-refractivity contribution >= 4 is 12.1 Å². The van der Waals surface area contributed by atoms with E-state index in [0.717, 1.165) is 36.8 Å². The molecule has 0 heterocycles. The topological polar surface area (TPSA) is 75.6 Å². The van der Waals surface area contributed by atoms with Gasteiger partial charge in [-0.15, -0.1) is 0 Å². The van der Waals surface area contributed by atoms with E-state index in [4.69, 9.17) is 4.74 Å². The molecule has 3 aliphatic rings. The Hall–Kier alpha value is -2.82. The molecule has 1 amide bonds. The van der Waals surface area contributed by atoms with Gasteiger partial charge in [0.15, 0.2) is 0 Å². The smallest absolute Gasteiger partial charge is 0.408 e. The van der Waals surface area contributed by atoms with Crippen molar-refractivity contribution in [3.05, 3.63) is 59.7 Å². The second-order valence-electron chi connectivity index (χ2n) is 9.25. The molecular weight excluding hydrogens is 378 g/mol. The van der Waals surface area contributed by atoms with Crippen LogP contribution in [0, 0.1) is 5.41 Å². The van der Waals surface area contributed by atoms with Gasteiger partial charge in [0.05, 0.1) is 0 Å². The van der Waals surface area contributed by atoms with E-state index in [1.54, 1.807) is 0 Å². The van der Waals surface area contributed by atoms with Gasteiger partial charge in [-0.05, 0) is 53.4 Å². The van der Waals surface area contributed by atoms with Gasteiger partial charge in [-0.2, -0.15) is 0 Å². The van der Waals surface area contributed by atoms with Crippen LogP contribution < -0.4 is 5.32 Å². The average Bonchev–Trinajstić information content (AvgIpc) is 3.05. The summed E-state index contributed by atoms with van der Waals surface area (Å²) in [5.74, 6) is -0.984. The molecule has 2 aromatic rings. The zero-order valence-electron chi connectivity index (χ0n) is 17.0. The minimum Gasteiger partial charge on any atom is -0.480 e. The first-order chi connectivity index (χ1) is 14.5. The highest BCUT2D eigenvalue weighted by Gasteiger charge is 2.60. The maximum absolute atomic E-state index is 12.6. The van der Waals surface area contributed by atoms with E-state index in [9.17, 15) is 14.7 Å². The summed E-state index contributed by atoms with van der Waals surface area (Å²) in [6, 6.07) is 16.3. The second kappa shape index (κ2) is 7.15. The Morgan fingerprint density at radius 2 is 1.50 bits per heavy atom. The van der Waals surface area contributed by atoms with Crippen LogP contribution in [0.25, 0.3) is 11.1 Å². The number of hydrogen-bond acceptors (Lipinski definition) is 3. The van der Waals surface area contributed by atoms with Crippen LogP contribution >= 0.6 is 0 Å². The van der Waals surface area contributed by atoms with Gasteiger partial charge in [-0.25, -0.2) is 9.59 Å². The Morgan fingerprint density at radius 3 is 2.07 bits per heavy atom. The molecule has 5 nitrogen and oxygen atoms in total. The summed E-state index contributed by atoms with van der Waals surface area (Å²) in [6.45, 7) is 0.195. The summed E-state index contributed by atoms with van der Waals surface area (Å²) in [7, 11) is 0. The van der Waals surface area contributed by atoms with Crippen molar-refractivity contribution in [1.82, 2.24) is 5.32 Å². The number of aliphatic carboxylic acids is 1. The van der Waals surface area contributed by atoms with E-state index in [2.05, 4.69) is 29.6 Å². The number of nitrogens with one attached hydrogen (secondary N) is 1. The third-order valence-electron chi connectivity index (χ3n) is 7.36. The Morgan fingerprint density at radius 1 is 0.933 bits per heavy atom. The lowest BCUT2D eigenvalue weighted by molar-refractivity contribution is -0.158. The number of ether oxygens (including phenoxy) is 1. The lowest BCUT2D eigenvalue weighted by atomic mass is 9.52. The second-order valence-corrected chi connectivity index (χ2v) is 9.25. The van der Waals surface area contributed by atoms with Crippen molar-refractivity contribution in [2.45, 2.75) is 56.4 Å². The van der Waals surface area contributed by atoms with Crippen molar-refractivity contribution in [1.29, 1.82) is 0 Å². The van der Waals surface area contributed by atoms with Gasteiger partial charge in [0.1, 0.15) is 12.1 Å². The molecule has 5 rings (SSSR count). The third-order valence-corrected chi connectivity index (χ3v) is 7.36. The number of carbonyl (C=O) groups is 2. The standard InChI is InChI=1S/C25H27NO4/c27-22(28)25(15-24(16-25)12-6-1-7-13-24)26-23(29)30-14-21-19-10-4-2-8-17(19)18-9-3-5-11-20(18)21/h2-5,8-11,21H,1,6-7,12-16H2,(H,26,29)(H,27,28). The molecule has 0 aromatic heterocycles. The van der Waals surface area contributed by atoms with Gasteiger partial charge in [-0.1, -0.05) is 67.8 Å². The third kappa shape index (κ3) is 3.08. The van der Waals surface area contributed by atoms with Gasteiger partial charge >= 0.3 is 12.1 Å². The number of carboxylic acid groups (broad SMARTS) is 1. The Balaban J connectivity index is 1.27. The van der Waals surface area contributed by atoms with E-state index in [1.807, 2.05) is 24.3 Å². The van der Waals surface area contributed by atoms with Crippen molar-refractivity contribution in [3.63, 3.8) is 0 Å². The summed E-state index contributed by atoms with van der Waals surface area (Å²) in [5.41, 5.74) is 3.53. The molecule has 156 valence electrons. The summed E-state index contributed by atoms with van der Waals surface area (Å²) in [5, 5.41) is 12.5. The number of fused-ring (bicyclic) bond motifs is 3. The fraction of sp³-hybridized carbons (Fsp3) is 0.440. The summed E-state index contributed by atoms with van der Waals surface area (Å²) < 4.78 is 5.58.